The smallest absolute Gasteiger partial charge is 0.335 e. The largest absolute Gasteiger partial charge is 0.494 e. The molecular weight excluding hydrogens is 487 g/mol. The summed E-state index contributed by atoms with van der Waals surface area (Å²) in [5.74, 6) is -0.889. The first-order valence-corrected chi connectivity index (χ1v) is 11.7. The second-order valence-corrected chi connectivity index (χ2v) is 8.80. The summed E-state index contributed by atoms with van der Waals surface area (Å²) in [4.78, 5) is 39.3. The van der Waals surface area contributed by atoms with Gasteiger partial charge < -0.3 is 4.74 Å². The zero-order valence-corrected chi connectivity index (χ0v) is 20.6. The molecule has 0 radical (unpaired) electrons. The van der Waals surface area contributed by atoms with Crippen LogP contribution in [0.25, 0.3) is 6.08 Å². The van der Waals surface area contributed by atoms with Crippen molar-refractivity contribution in [3.8, 4) is 5.75 Å². The van der Waals surface area contributed by atoms with Gasteiger partial charge in [0.15, 0.2) is 0 Å². The van der Waals surface area contributed by atoms with E-state index >= 15 is 0 Å². The molecule has 1 saturated heterocycles. The van der Waals surface area contributed by atoms with Crippen molar-refractivity contribution in [1.29, 1.82) is 0 Å². The Morgan fingerprint density at radius 3 is 2.49 bits per heavy atom. The molecule has 4 amide bonds. The standard InChI is InChI=1S/C27H22Cl2N2O4/c1-3-35-24-13-17(9-10-19(24)14-18-6-4-5-7-22(18)29)12-21-25(32)30-27(34)31(26(21)33)23-15-20(28)11-8-16(23)2/h4-13,15H,3,14H2,1-2H3,(H,30,32,34)/b21-12+. The molecule has 0 unspecified atom stereocenters. The number of nitrogens with one attached hydrogen (secondary N) is 1. The van der Waals surface area contributed by atoms with Gasteiger partial charge in [0.2, 0.25) is 0 Å². The predicted molar refractivity (Wildman–Crippen MR) is 137 cm³/mol. The SMILES string of the molecule is CCOc1cc(/C=C2\C(=O)NC(=O)N(c3cc(Cl)ccc3C)C2=O)ccc1Cc1ccccc1Cl. The first-order chi connectivity index (χ1) is 16.8. The van der Waals surface area contributed by atoms with E-state index in [1.165, 1.54) is 12.1 Å². The van der Waals surface area contributed by atoms with Crippen LogP contribution in [0.1, 0.15) is 29.2 Å². The summed E-state index contributed by atoms with van der Waals surface area (Å²) >= 11 is 12.4. The molecular formula is C27H22Cl2N2O4. The summed E-state index contributed by atoms with van der Waals surface area (Å²) in [5, 5.41) is 3.26. The van der Waals surface area contributed by atoms with Crippen LogP contribution in [0, 0.1) is 6.92 Å². The molecule has 0 atom stereocenters. The maximum Gasteiger partial charge on any atom is 0.335 e. The number of aryl methyl sites for hydroxylation is 1. The van der Waals surface area contributed by atoms with E-state index < -0.39 is 17.8 Å². The Bertz CT molecular complexity index is 1370. The number of hydrogen-bond acceptors (Lipinski definition) is 4. The Balaban J connectivity index is 1.70. The van der Waals surface area contributed by atoms with Crippen LogP contribution >= 0.6 is 23.2 Å². The molecule has 4 rings (SSSR count). The minimum Gasteiger partial charge on any atom is -0.494 e. The first-order valence-electron chi connectivity index (χ1n) is 10.9. The predicted octanol–water partition coefficient (Wildman–Crippen LogP) is 5.96. The number of imide groups is 2. The van der Waals surface area contributed by atoms with Crippen LogP contribution in [-0.2, 0) is 16.0 Å². The maximum absolute atomic E-state index is 13.3. The van der Waals surface area contributed by atoms with E-state index in [0.717, 1.165) is 16.0 Å². The van der Waals surface area contributed by atoms with Gasteiger partial charge in [-0.1, -0.05) is 59.6 Å². The van der Waals surface area contributed by atoms with Crippen LogP contribution in [0.3, 0.4) is 0 Å². The highest BCUT2D eigenvalue weighted by atomic mass is 35.5. The highest BCUT2D eigenvalue weighted by Gasteiger charge is 2.37. The van der Waals surface area contributed by atoms with E-state index in [0.29, 0.717) is 45.6 Å². The van der Waals surface area contributed by atoms with Gasteiger partial charge in [0.1, 0.15) is 11.3 Å². The summed E-state index contributed by atoms with van der Waals surface area (Å²) in [6, 6.07) is 17.0. The molecule has 8 heteroatoms. The molecule has 1 aliphatic heterocycles. The third kappa shape index (κ3) is 5.24. The van der Waals surface area contributed by atoms with E-state index in [2.05, 4.69) is 5.32 Å². The number of benzene rings is 3. The third-order valence-corrected chi connectivity index (χ3v) is 6.16. The lowest BCUT2D eigenvalue weighted by Crippen LogP contribution is -2.54. The molecule has 178 valence electrons. The van der Waals surface area contributed by atoms with Gasteiger partial charge in [0.05, 0.1) is 12.3 Å². The molecule has 3 aromatic carbocycles. The van der Waals surface area contributed by atoms with Crippen LogP contribution in [0.2, 0.25) is 10.0 Å². The summed E-state index contributed by atoms with van der Waals surface area (Å²) in [5.41, 5.74) is 3.23. The monoisotopic (exact) mass is 508 g/mol. The quantitative estimate of drug-likeness (QED) is 0.329. The van der Waals surface area contributed by atoms with E-state index in [9.17, 15) is 14.4 Å². The molecule has 0 aliphatic carbocycles. The fourth-order valence-electron chi connectivity index (χ4n) is 3.81. The lowest BCUT2D eigenvalue weighted by molar-refractivity contribution is -0.122. The van der Waals surface area contributed by atoms with E-state index in [1.807, 2.05) is 37.3 Å². The number of carbonyl (C=O) groups excluding carboxylic acids is 3. The maximum atomic E-state index is 13.3. The van der Waals surface area contributed by atoms with Gasteiger partial charge in [0, 0.05) is 16.5 Å². The fraction of sp³-hybridized carbons (Fsp3) is 0.148. The Morgan fingerprint density at radius 2 is 1.74 bits per heavy atom. The normalized spacial score (nSPS) is 14.9. The second kappa shape index (κ2) is 10.3. The van der Waals surface area contributed by atoms with Crippen molar-refractivity contribution in [2.75, 3.05) is 11.5 Å². The van der Waals surface area contributed by atoms with E-state index in [4.69, 9.17) is 27.9 Å². The summed E-state index contributed by atoms with van der Waals surface area (Å²) in [6.45, 7) is 4.06. The highest BCUT2D eigenvalue weighted by Crippen LogP contribution is 2.30. The van der Waals surface area contributed by atoms with Crippen LogP contribution in [0.5, 0.6) is 5.75 Å². The van der Waals surface area contributed by atoms with Crippen molar-refractivity contribution in [2.24, 2.45) is 0 Å². The first kappa shape index (κ1) is 24.5. The molecule has 0 spiro atoms. The Kier molecular flexibility index (Phi) is 7.24. The molecule has 0 aromatic heterocycles. The molecule has 1 heterocycles. The number of rotatable bonds is 6. The Labute approximate surface area is 213 Å². The van der Waals surface area contributed by atoms with Crippen LogP contribution < -0.4 is 15.0 Å². The summed E-state index contributed by atoms with van der Waals surface area (Å²) in [7, 11) is 0. The number of anilines is 1. The van der Waals surface area contributed by atoms with Gasteiger partial charge in [-0.3, -0.25) is 14.9 Å². The Hall–Kier alpha value is -3.61. The number of amides is 4. The van der Waals surface area contributed by atoms with Crippen LogP contribution in [0.4, 0.5) is 10.5 Å². The van der Waals surface area contributed by atoms with Crippen LogP contribution in [0.15, 0.2) is 66.2 Å². The van der Waals surface area contributed by atoms with Crippen molar-refractivity contribution < 1.29 is 19.1 Å². The summed E-state index contributed by atoms with van der Waals surface area (Å²) in [6.07, 6.45) is 2.00. The van der Waals surface area contributed by atoms with Gasteiger partial charge in [-0.25, -0.2) is 9.69 Å². The van der Waals surface area contributed by atoms with E-state index in [-0.39, 0.29) is 5.57 Å². The second-order valence-electron chi connectivity index (χ2n) is 7.96. The average molecular weight is 509 g/mol. The number of urea groups is 1. The molecule has 35 heavy (non-hydrogen) atoms. The van der Waals surface area contributed by atoms with Crippen molar-refractivity contribution in [3.63, 3.8) is 0 Å². The molecule has 0 bridgehead atoms. The highest BCUT2D eigenvalue weighted by molar-refractivity contribution is 6.39. The zero-order chi connectivity index (χ0) is 25.1. The topological polar surface area (TPSA) is 75.7 Å². The van der Waals surface area contributed by atoms with Gasteiger partial charge in [-0.2, -0.15) is 0 Å². The molecule has 6 nitrogen and oxygen atoms in total. The number of carbonyl (C=O) groups is 3. The van der Waals surface area contributed by atoms with Gasteiger partial charge in [0.25, 0.3) is 11.8 Å². The number of ether oxygens (including phenoxy) is 1. The number of halogens is 2. The van der Waals surface area contributed by atoms with Crippen molar-refractivity contribution in [2.45, 2.75) is 20.3 Å². The molecule has 3 aromatic rings. The van der Waals surface area contributed by atoms with Crippen molar-refractivity contribution >= 4 is 52.8 Å². The molecule has 0 saturated carbocycles. The minimum atomic E-state index is -0.826. The third-order valence-electron chi connectivity index (χ3n) is 5.55. The lowest BCUT2D eigenvalue weighted by atomic mass is 10.0. The molecule has 1 N–H and O–H groups in total. The molecule has 1 fully saturated rings. The lowest BCUT2D eigenvalue weighted by Gasteiger charge is -2.27. The molecule has 1 aliphatic rings. The van der Waals surface area contributed by atoms with E-state index in [1.54, 1.807) is 31.2 Å². The number of barbiturate groups is 1. The van der Waals surface area contributed by atoms with Gasteiger partial charge in [-0.05, 0) is 66.4 Å². The number of nitrogens with zero attached hydrogens (tertiary/aromatic N) is 1. The zero-order valence-electron chi connectivity index (χ0n) is 19.1. The van der Waals surface area contributed by atoms with Crippen molar-refractivity contribution in [3.05, 3.63) is 98.5 Å². The number of hydrogen-bond donors (Lipinski definition) is 1. The van der Waals surface area contributed by atoms with Gasteiger partial charge in [-0.15, -0.1) is 0 Å². The fourth-order valence-corrected chi connectivity index (χ4v) is 4.18. The Morgan fingerprint density at radius 1 is 0.971 bits per heavy atom. The van der Waals surface area contributed by atoms with Gasteiger partial charge >= 0.3 is 6.03 Å². The van der Waals surface area contributed by atoms with Crippen LogP contribution in [-0.4, -0.2) is 24.5 Å². The minimum absolute atomic E-state index is 0.176. The summed E-state index contributed by atoms with van der Waals surface area (Å²) < 4.78 is 5.83. The average Bonchev–Trinajstić information content (AvgIpc) is 2.82. The van der Waals surface area contributed by atoms with Crippen molar-refractivity contribution in [1.82, 2.24) is 5.32 Å².